The summed E-state index contributed by atoms with van der Waals surface area (Å²) in [6, 6.07) is 4.92. The minimum absolute atomic E-state index is 0.132. The molecule has 2 aromatic heterocycles. The number of phenolic OH excluding ortho intramolecular Hbond substituents is 1. The van der Waals surface area contributed by atoms with E-state index < -0.39 is 11.1 Å². The first kappa shape index (κ1) is 17.4. The van der Waals surface area contributed by atoms with Crippen LogP contribution in [0.3, 0.4) is 0 Å². The maximum absolute atomic E-state index is 11.7. The van der Waals surface area contributed by atoms with Crippen LogP contribution in [0, 0.1) is 0 Å². The predicted octanol–water partition coefficient (Wildman–Crippen LogP) is 4.19. The molecule has 4 rings (SSSR count). The Morgan fingerprint density at radius 3 is 2.81 bits per heavy atom. The highest BCUT2D eigenvalue weighted by atomic mass is 35.5. The summed E-state index contributed by atoms with van der Waals surface area (Å²) in [4.78, 5) is 27.5. The molecule has 0 bridgehead atoms. The summed E-state index contributed by atoms with van der Waals surface area (Å²) in [5, 5.41) is 12.5. The van der Waals surface area contributed by atoms with Crippen molar-refractivity contribution in [2.45, 2.75) is 0 Å². The molecule has 136 valence electrons. The van der Waals surface area contributed by atoms with E-state index in [0.717, 1.165) is 11.8 Å². The normalized spacial score (nSPS) is 15.6. The van der Waals surface area contributed by atoms with Gasteiger partial charge in [-0.05, 0) is 35.5 Å². The molecule has 1 aliphatic heterocycles. The second-order valence-corrected chi connectivity index (χ2v) is 7.04. The molecule has 3 aromatic rings. The Hall–Kier alpha value is -2.97. The molecule has 7 nitrogen and oxygen atoms in total. The fourth-order valence-corrected chi connectivity index (χ4v) is 3.57. The number of amides is 2. The maximum atomic E-state index is 11.7. The summed E-state index contributed by atoms with van der Waals surface area (Å²) in [5.41, 5.74) is 1.80. The first-order valence-electron chi connectivity index (χ1n) is 7.65. The van der Waals surface area contributed by atoms with E-state index in [0.29, 0.717) is 27.9 Å². The van der Waals surface area contributed by atoms with Gasteiger partial charge in [0.2, 0.25) is 0 Å². The fourth-order valence-electron chi connectivity index (χ4n) is 2.69. The van der Waals surface area contributed by atoms with E-state index in [1.807, 2.05) is 0 Å². The number of imide groups is 1. The lowest BCUT2D eigenvalue weighted by atomic mass is 10.1. The quantitative estimate of drug-likeness (QED) is 0.633. The highest BCUT2D eigenvalue weighted by molar-refractivity contribution is 8.18. The van der Waals surface area contributed by atoms with Gasteiger partial charge in [0.05, 0.1) is 17.0 Å². The number of pyridine rings is 1. The maximum Gasteiger partial charge on any atom is 0.290 e. The highest BCUT2D eigenvalue weighted by Crippen LogP contribution is 2.40. The molecule has 2 N–H and O–H groups in total. The molecule has 1 saturated heterocycles. The van der Waals surface area contributed by atoms with Crippen molar-refractivity contribution in [3.63, 3.8) is 0 Å². The summed E-state index contributed by atoms with van der Waals surface area (Å²) < 4.78 is 11.0. The van der Waals surface area contributed by atoms with E-state index in [1.165, 1.54) is 13.2 Å². The number of methoxy groups -OCH3 is 1. The fraction of sp³-hybridized carbons (Fsp3) is 0.0556. The van der Waals surface area contributed by atoms with Gasteiger partial charge < -0.3 is 14.3 Å². The molecular formula is C18H11ClN2O5S. The zero-order valence-corrected chi connectivity index (χ0v) is 15.4. The number of carbonyl (C=O) groups is 2. The van der Waals surface area contributed by atoms with Crippen LogP contribution in [-0.4, -0.2) is 28.3 Å². The number of benzene rings is 1. The summed E-state index contributed by atoms with van der Waals surface area (Å²) in [6.45, 7) is 0. The second kappa shape index (κ2) is 6.64. The number of thioether (sulfide) groups is 1. The van der Waals surface area contributed by atoms with Gasteiger partial charge in [0, 0.05) is 29.4 Å². The number of ether oxygens (including phenoxy) is 1. The van der Waals surface area contributed by atoms with Crippen molar-refractivity contribution in [1.29, 1.82) is 0 Å². The smallest absolute Gasteiger partial charge is 0.290 e. The molecule has 0 unspecified atom stereocenters. The average Bonchev–Trinajstić information content (AvgIpc) is 3.19. The number of nitrogens with zero attached hydrogens (tertiary/aromatic N) is 1. The van der Waals surface area contributed by atoms with Crippen molar-refractivity contribution >= 4 is 51.6 Å². The number of hydrogen-bond donors (Lipinski definition) is 2. The number of carbonyl (C=O) groups excluding carboxylic acids is 2. The third-order valence-corrected chi connectivity index (χ3v) is 5.02. The Kier molecular flexibility index (Phi) is 4.29. The Bertz CT molecular complexity index is 1140. The van der Waals surface area contributed by atoms with Crippen LogP contribution in [0.4, 0.5) is 4.79 Å². The molecule has 0 saturated carbocycles. The van der Waals surface area contributed by atoms with Crippen molar-refractivity contribution in [2.75, 3.05) is 7.11 Å². The molecule has 1 aliphatic rings. The van der Waals surface area contributed by atoms with Gasteiger partial charge in [0.25, 0.3) is 11.1 Å². The minimum Gasteiger partial charge on any atom is -0.503 e. The first-order valence-corrected chi connectivity index (χ1v) is 8.85. The van der Waals surface area contributed by atoms with E-state index in [9.17, 15) is 14.7 Å². The number of nitrogens with one attached hydrogen (secondary N) is 1. The van der Waals surface area contributed by atoms with Gasteiger partial charge in [0.1, 0.15) is 11.3 Å². The van der Waals surface area contributed by atoms with Gasteiger partial charge in [-0.15, -0.1) is 0 Å². The monoisotopic (exact) mass is 402 g/mol. The third-order valence-electron chi connectivity index (χ3n) is 3.92. The van der Waals surface area contributed by atoms with E-state index in [2.05, 4.69) is 10.3 Å². The van der Waals surface area contributed by atoms with E-state index in [4.69, 9.17) is 20.8 Å². The lowest BCUT2D eigenvalue weighted by Crippen LogP contribution is -2.17. The van der Waals surface area contributed by atoms with Crippen LogP contribution in [0.1, 0.15) is 5.76 Å². The van der Waals surface area contributed by atoms with Crippen LogP contribution in [0.25, 0.3) is 28.2 Å². The SMILES string of the molecule is COc1cc(-c2cncc3cc(/C=C4\SC(=O)NC4=O)oc23)cc(Cl)c1O. The molecule has 0 atom stereocenters. The summed E-state index contributed by atoms with van der Waals surface area (Å²) in [6.07, 6.45) is 4.72. The van der Waals surface area contributed by atoms with Crippen LogP contribution in [0.5, 0.6) is 11.5 Å². The van der Waals surface area contributed by atoms with E-state index in [1.54, 1.807) is 30.6 Å². The molecular weight excluding hydrogens is 392 g/mol. The largest absolute Gasteiger partial charge is 0.503 e. The van der Waals surface area contributed by atoms with Crippen LogP contribution in [-0.2, 0) is 4.79 Å². The van der Waals surface area contributed by atoms with E-state index in [-0.39, 0.29) is 21.4 Å². The number of aromatic hydroxyl groups is 1. The van der Waals surface area contributed by atoms with Crippen molar-refractivity contribution in [2.24, 2.45) is 0 Å². The van der Waals surface area contributed by atoms with Crippen molar-refractivity contribution in [3.8, 4) is 22.6 Å². The van der Waals surface area contributed by atoms with Gasteiger partial charge in [-0.25, -0.2) is 0 Å². The Morgan fingerprint density at radius 2 is 2.11 bits per heavy atom. The summed E-state index contributed by atoms with van der Waals surface area (Å²) >= 11 is 6.89. The highest BCUT2D eigenvalue weighted by Gasteiger charge is 2.25. The minimum atomic E-state index is -0.459. The second-order valence-electron chi connectivity index (χ2n) is 5.62. The molecule has 2 amide bonds. The summed E-state index contributed by atoms with van der Waals surface area (Å²) in [7, 11) is 1.43. The van der Waals surface area contributed by atoms with Crippen LogP contribution in [0.15, 0.2) is 39.9 Å². The molecule has 0 aliphatic carbocycles. The van der Waals surface area contributed by atoms with Crippen LogP contribution >= 0.6 is 23.4 Å². The molecule has 0 radical (unpaired) electrons. The Morgan fingerprint density at radius 1 is 1.30 bits per heavy atom. The van der Waals surface area contributed by atoms with Crippen molar-refractivity contribution in [3.05, 3.63) is 46.3 Å². The number of phenols is 1. The molecule has 3 heterocycles. The topological polar surface area (TPSA) is 102 Å². The van der Waals surface area contributed by atoms with Gasteiger partial charge >= 0.3 is 0 Å². The molecule has 1 fully saturated rings. The third kappa shape index (κ3) is 3.13. The average molecular weight is 403 g/mol. The van der Waals surface area contributed by atoms with Crippen molar-refractivity contribution < 1.29 is 23.8 Å². The lowest BCUT2D eigenvalue weighted by molar-refractivity contribution is -0.115. The van der Waals surface area contributed by atoms with Crippen molar-refractivity contribution in [1.82, 2.24) is 10.3 Å². The van der Waals surface area contributed by atoms with Gasteiger partial charge in [-0.1, -0.05) is 11.6 Å². The Balaban J connectivity index is 1.83. The standard InChI is InChI=1S/C18H11ClN2O5S/c1-25-13-4-8(3-12(19)15(13)22)11-7-20-6-9-2-10(26-16(9)11)5-14-17(23)21-18(24)27-14/h2-7,22H,1H3,(H,21,23,24)/b14-5-. The zero-order valence-electron chi connectivity index (χ0n) is 13.8. The summed E-state index contributed by atoms with van der Waals surface area (Å²) in [5.74, 6) is 0.0186. The number of hydrogen-bond acceptors (Lipinski definition) is 7. The van der Waals surface area contributed by atoms with Gasteiger partial charge in [-0.3, -0.25) is 19.9 Å². The number of fused-ring (bicyclic) bond motifs is 1. The first-order chi connectivity index (χ1) is 13.0. The molecule has 0 spiro atoms. The molecule has 1 aromatic carbocycles. The van der Waals surface area contributed by atoms with Crippen LogP contribution < -0.4 is 10.1 Å². The molecule has 9 heteroatoms. The number of rotatable bonds is 3. The van der Waals surface area contributed by atoms with Crippen LogP contribution in [0.2, 0.25) is 5.02 Å². The zero-order chi connectivity index (χ0) is 19.1. The lowest BCUT2D eigenvalue weighted by Gasteiger charge is -2.09. The molecule has 27 heavy (non-hydrogen) atoms. The Labute approximate surface area is 162 Å². The number of furan rings is 1. The number of aromatic nitrogens is 1. The van der Waals surface area contributed by atoms with E-state index >= 15 is 0 Å². The van der Waals surface area contributed by atoms with Gasteiger partial charge in [-0.2, -0.15) is 0 Å². The predicted molar refractivity (Wildman–Crippen MR) is 102 cm³/mol. The number of halogens is 1. The van der Waals surface area contributed by atoms with Gasteiger partial charge in [0.15, 0.2) is 11.5 Å².